The molecular weight excluding hydrogens is 402 g/mol. The van der Waals surface area contributed by atoms with Crippen molar-refractivity contribution in [1.82, 2.24) is 4.90 Å². The number of carbonyl (C=O) groups excluding carboxylic acids is 3. The first-order chi connectivity index (χ1) is 13.7. The van der Waals surface area contributed by atoms with Crippen molar-refractivity contribution >= 4 is 35.0 Å². The topological polar surface area (TPSA) is 83.9 Å². The smallest absolute Gasteiger partial charge is 0.329 e. The number of nitrogens with zero attached hydrogens (tertiary/aromatic N) is 1. The molecule has 1 saturated heterocycles. The molecule has 1 aliphatic rings. The Bertz CT molecular complexity index is 870. The number of hydrogen-bond donors (Lipinski definition) is 1. The highest BCUT2D eigenvalue weighted by Gasteiger charge is 2.41. The maximum absolute atomic E-state index is 12.9. The number of aromatic hydroxyl groups is 1. The van der Waals surface area contributed by atoms with E-state index in [9.17, 15) is 19.5 Å². The van der Waals surface area contributed by atoms with Crippen LogP contribution in [0, 0.1) is 0 Å². The monoisotopic (exact) mass is 433 g/mol. The van der Waals surface area contributed by atoms with Gasteiger partial charge in [-0.2, -0.15) is 0 Å². The molecule has 0 saturated carbocycles. The van der Waals surface area contributed by atoms with E-state index in [1.54, 1.807) is 13.0 Å². The Kier molecular flexibility index (Phi) is 6.76. The van der Waals surface area contributed by atoms with E-state index in [1.165, 1.54) is 6.92 Å². The fourth-order valence-electron chi connectivity index (χ4n) is 3.22. The highest BCUT2D eigenvalue weighted by molar-refractivity contribution is 8.18. The third-order valence-corrected chi connectivity index (χ3v) is 5.77. The molecule has 2 rings (SSSR count). The summed E-state index contributed by atoms with van der Waals surface area (Å²) in [6.45, 7) is 15.4. The van der Waals surface area contributed by atoms with Gasteiger partial charge in [-0.1, -0.05) is 41.5 Å². The zero-order chi connectivity index (χ0) is 23.0. The van der Waals surface area contributed by atoms with Gasteiger partial charge in [0.25, 0.3) is 11.1 Å². The number of rotatable bonds is 4. The minimum atomic E-state index is -0.988. The van der Waals surface area contributed by atoms with E-state index in [-0.39, 0.29) is 28.1 Å². The third-order valence-electron chi connectivity index (χ3n) is 4.88. The van der Waals surface area contributed by atoms with Crippen LogP contribution in [0.3, 0.4) is 0 Å². The Morgan fingerprint density at radius 2 is 1.63 bits per heavy atom. The van der Waals surface area contributed by atoms with Crippen LogP contribution in [0.5, 0.6) is 5.75 Å². The Morgan fingerprint density at radius 3 is 2.07 bits per heavy atom. The summed E-state index contributed by atoms with van der Waals surface area (Å²) in [7, 11) is 0. The van der Waals surface area contributed by atoms with E-state index >= 15 is 0 Å². The molecule has 0 spiro atoms. The first kappa shape index (κ1) is 24.0. The van der Waals surface area contributed by atoms with E-state index in [0.717, 1.165) is 33.4 Å². The van der Waals surface area contributed by atoms with Gasteiger partial charge in [-0.15, -0.1) is 0 Å². The lowest BCUT2D eigenvalue weighted by Gasteiger charge is -2.28. The number of carbonyl (C=O) groups is 3. The average molecular weight is 434 g/mol. The van der Waals surface area contributed by atoms with Crippen LogP contribution in [0.4, 0.5) is 4.79 Å². The lowest BCUT2D eigenvalue weighted by molar-refractivity contribution is -0.150. The van der Waals surface area contributed by atoms with E-state index in [4.69, 9.17) is 4.74 Å². The molecule has 164 valence electrons. The Morgan fingerprint density at radius 1 is 1.13 bits per heavy atom. The summed E-state index contributed by atoms with van der Waals surface area (Å²) in [6.07, 6.45) is 1.65. The van der Waals surface area contributed by atoms with Crippen LogP contribution in [0.1, 0.15) is 72.1 Å². The standard InChI is InChI=1S/C23H31NO5S/c1-9-29-20(27)13(2)24-19(26)17(30-21(24)28)12-14-10-15(22(3,4)5)18(25)16(11-14)23(6,7)8/h10-13,25H,9H2,1-8H3/b17-12+/t13-/m1/s1. The van der Waals surface area contributed by atoms with Gasteiger partial charge in [0.1, 0.15) is 11.8 Å². The minimum absolute atomic E-state index is 0.175. The predicted octanol–water partition coefficient (Wildman–Crippen LogP) is 4.98. The van der Waals surface area contributed by atoms with Crippen LogP contribution in [-0.4, -0.2) is 39.8 Å². The summed E-state index contributed by atoms with van der Waals surface area (Å²) in [6, 6.07) is 2.69. The van der Waals surface area contributed by atoms with Gasteiger partial charge in [-0.25, -0.2) is 4.79 Å². The molecule has 0 unspecified atom stereocenters. The number of phenols is 1. The number of imide groups is 1. The minimum Gasteiger partial charge on any atom is -0.507 e. The van der Waals surface area contributed by atoms with Crippen LogP contribution in [0.2, 0.25) is 0 Å². The quantitative estimate of drug-likeness (QED) is 0.533. The van der Waals surface area contributed by atoms with Crippen molar-refractivity contribution in [2.45, 2.75) is 72.3 Å². The molecule has 1 aliphatic heterocycles. The van der Waals surface area contributed by atoms with Crippen LogP contribution < -0.4 is 0 Å². The molecule has 1 fully saturated rings. The molecule has 0 radical (unpaired) electrons. The van der Waals surface area contributed by atoms with Crippen LogP contribution in [0.15, 0.2) is 17.0 Å². The van der Waals surface area contributed by atoms with E-state index in [2.05, 4.69) is 0 Å². The van der Waals surface area contributed by atoms with Gasteiger partial charge in [0.15, 0.2) is 0 Å². The second-order valence-electron chi connectivity index (χ2n) is 9.44. The third kappa shape index (κ3) is 4.89. The van der Waals surface area contributed by atoms with Crippen molar-refractivity contribution in [3.63, 3.8) is 0 Å². The van der Waals surface area contributed by atoms with Gasteiger partial charge in [0.05, 0.1) is 11.5 Å². The van der Waals surface area contributed by atoms with Gasteiger partial charge in [-0.05, 0) is 60.2 Å². The van der Waals surface area contributed by atoms with Gasteiger partial charge in [0.2, 0.25) is 0 Å². The predicted molar refractivity (Wildman–Crippen MR) is 119 cm³/mol. The first-order valence-electron chi connectivity index (χ1n) is 10.00. The van der Waals surface area contributed by atoms with Crippen molar-refractivity contribution in [2.24, 2.45) is 0 Å². The van der Waals surface area contributed by atoms with Crippen LogP contribution in [0.25, 0.3) is 6.08 Å². The largest absolute Gasteiger partial charge is 0.507 e. The number of hydrogen-bond acceptors (Lipinski definition) is 6. The SMILES string of the molecule is CCOC(=O)[C@@H](C)N1C(=O)S/C(=C/c2cc(C(C)(C)C)c(O)c(C(C)(C)C)c2)C1=O. The summed E-state index contributed by atoms with van der Waals surface area (Å²) in [5, 5.41) is 10.4. The van der Waals surface area contributed by atoms with E-state index in [0.29, 0.717) is 0 Å². The molecule has 0 aliphatic carbocycles. The lowest BCUT2D eigenvalue weighted by Crippen LogP contribution is -2.42. The molecule has 7 heteroatoms. The Balaban J connectivity index is 2.52. The van der Waals surface area contributed by atoms with Gasteiger partial charge >= 0.3 is 5.97 Å². The molecule has 30 heavy (non-hydrogen) atoms. The summed E-state index contributed by atoms with van der Waals surface area (Å²) in [5.41, 5.74) is 1.62. The summed E-state index contributed by atoms with van der Waals surface area (Å²) >= 11 is 0.800. The molecule has 1 aromatic rings. The fourth-order valence-corrected chi connectivity index (χ4v) is 4.13. The number of phenolic OH excluding ortho intramolecular Hbond substituents is 1. The van der Waals surface area contributed by atoms with Crippen molar-refractivity contribution in [1.29, 1.82) is 0 Å². The summed E-state index contributed by atoms with van der Waals surface area (Å²) < 4.78 is 4.94. The second-order valence-corrected chi connectivity index (χ2v) is 10.4. The normalized spacial score (nSPS) is 17.6. The van der Waals surface area contributed by atoms with Gasteiger partial charge in [0, 0.05) is 11.1 Å². The molecule has 0 bridgehead atoms. The zero-order valence-electron chi connectivity index (χ0n) is 19.0. The van der Waals surface area contributed by atoms with Gasteiger partial charge in [-0.3, -0.25) is 14.5 Å². The van der Waals surface area contributed by atoms with Crippen LogP contribution in [-0.2, 0) is 25.2 Å². The van der Waals surface area contributed by atoms with Crippen LogP contribution >= 0.6 is 11.8 Å². The highest BCUT2D eigenvalue weighted by Crippen LogP contribution is 2.41. The average Bonchev–Trinajstić information content (AvgIpc) is 2.87. The van der Waals surface area contributed by atoms with Crippen molar-refractivity contribution in [3.8, 4) is 5.75 Å². The molecule has 1 aromatic carbocycles. The highest BCUT2D eigenvalue weighted by atomic mass is 32.2. The van der Waals surface area contributed by atoms with E-state index < -0.39 is 23.2 Å². The summed E-state index contributed by atoms with van der Waals surface area (Å²) in [4.78, 5) is 38.5. The lowest BCUT2D eigenvalue weighted by atomic mass is 9.78. The molecular formula is C23H31NO5S. The molecule has 1 atom stereocenters. The molecule has 1 heterocycles. The number of amides is 2. The fraction of sp³-hybridized carbons (Fsp3) is 0.522. The maximum Gasteiger partial charge on any atom is 0.329 e. The van der Waals surface area contributed by atoms with E-state index in [1.807, 2.05) is 53.7 Å². The molecule has 1 N–H and O–H groups in total. The van der Waals surface area contributed by atoms with Crippen molar-refractivity contribution in [2.75, 3.05) is 6.61 Å². The number of esters is 1. The zero-order valence-corrected chi connectivity index (χ0v) is 19.8. The second kappa shape index (κ2) is 8.46. The Labute approximate surface area is 182 Å². The molecule has 0 aromatic heterocycles. The number of benzene rings is 1. The van der Waals surface area contributed by atoms with Crippen molar-refractivity contribution in [3.05, 3.63) is 33.7 Å². The first-order valence-corrected chi connectivity index (χ1v) is 10.8. The van der Waals surface area contributed by atoms with Gasteiger partial charge < -0.3 is 9.84 Å². The Hall–Kier alpha value is -2.28. The molecule has 2 amide bonds. The summed E-state index contributed by atoms with van der Waals surface area (Å²) in [5.74, 6) is -0.889. The molecule has 6 nitrogen and oxygen atoms in total. The van der Waals surface area contributed by atoms with Crippen molar-refractivity contribution < 1.29 is 24.2 Å². The number of ether oxygens (including phenoxy) is 1. The maximum atomic E-state index is 12.9. The number of thioether (sulfide) groups is 1.